The highest BCUT2D eigenvalue weighted by molar-refractivity contribution is 5.85. The number of ether oxygens (including phenoxy) is 1. The highest BCUT2D eigenvalue weighted by atomic mass is 35.5. The molecule has 0 bridgehead atoms. The third kappa shape index (κ3) is 2.84. The van der Waals surface area contributed by atoms with Crippen LogP contribution in [0.4, 0.5) is 0 Å². The first-order chi connectivity index (χ1) is 8.42. The van der Waals surface area contributed by atoms with Gasteiger partial charge in [0.05, 0.1) is 0 Å². The summed E-state index contributed by atoms with van der Waals surface area (Å²) < 4.78 is 5.74. The highest BCUT2D eigenvalue weighted by Crippen LogP contribution is 2.26. The average Bonchev–Trinajstić information content (AvgIpc) is 2.31. The molecule has 1 heterocycles. The molecule has 1 aliphatic rings. The first-order valence-corrected chi connectivity index (χ1v) is 5.98. The summed E-state index contributed by atoms with van der Waals surface area (Å²) in [6.45, 7) is 1.13. The lowest BCUT2D eigenvalue weighted by Gasteiger charge is -2.28. The Kier molecular flexibility index (Phi) is 4.24. The third-order valence-electron chi connectivity index (χ3n) is 3.09. The van der Waals surface area contributed by atoms with E-state index < -0.39 is 0 Å². The molecule has 18 heavy (non-hydrogen) atoms. The molecule has 3 heteroatoms. The molecule has 0 radical (unpaired) electrons. The smallest absolute Gasteiger partial charge is 0.127 e. The van der Waals surface area contributed by atoms with Crippen molar-refractivity contribution < 1.29 is 4.74 Å². The average molecular weight is 262 g/mol. The lowest BCUT2D eigenvalue weighted by molar-refractivity contribution is 0.383. The predicted octanol–water partition coefficient (Wildman–Crippen LogP) is 3.94. The minimum Gasteiger partial charge on any atom is -0.457 e. The summed E-state index contributed by atoms with van der Waals surface area (Å²) in [5.41, 5.74) is 1.34. The van der Waals surface area contributed by atoms with E-state index in [2.05, 4.69) is 17.4 Å². The number of benzene rings is 2. The van der Waals surface area contributed by atoms with Gasteiger partial charge in [-0.05, 0) is 42.8 Å². The molecule has 2 nitrogen and oxygen atoms in total. The molecule has 1 atom stereocenters. The first kappa shape index (κ1) is 12.9. The maximum atomic E-state index is 5.74. The van der Waals surface area contributed by atoms with E-state index in [4.69, 9.17) is 4.74 Å². The van der Waals surface area contributed by atoms with Crippen molar-refractivity contribution in [1.29, 1.82) is 0 Å². The topological polar surface area (TPSA) is 21.3 Å². The minimum absolute atomic E-state index is 0. The Morgan fingerprint density at radius 1 is 0.889 bits per heavy atom. The molecule has 2 aromatic rings. The number of nitrogens with one attached hydrogen (secondary N) is 1. The van der Waals surface area contributed by atoms with Gasteiger partial charge in [0, 0.05) is 6.04 Å². The summed E-state index contributed by atoms with van der Waals surface area (Å²) in [5.74, 6) is 1.77. The van der Waals surface area contributed by atoms with E-state index in [1.807, 2.05) is 42.5 Å². The van der Waals surface area contributed by atoms with E-state index in [-0.39, 0.29) is 12.4 Å². The van der Waals surface area contributed by atoms with Crippen LogP contribution in [-0.4, -0.2) is 6.54 Å². The van der Waals surface area contributed by atoms with Crippen molar-refractivity contribution in [1.82, 2.24) is 5.32 Å². The lowest BCUT2D eigenvalue weighted by Crippen LogP contribution is -2.34. The molecule has 0 aromatic heterocycles. The Labute approximate surface area is 113 Å². The summed E-state index contributed by atoms with van der Waals surface area (Å²) in [6.07, 6.45) is 1.24. The van der Waals surface area contributed by atoms with Crippen LogP contribution < -0.4 is 10.1 Å². The lowest BCUT2D eigenvalue weighted by atomic mass is 9.98. The molecule has 0 amide bonds. The summed E-state index contributed by atoms with van der Waals surface area (Å²) in [5, 5.41) is 3.39. The van der Waals surface area contributed by atoms with E-state index in [9.17, 15) is 0 Å². The summed E-state index contributed by atoms with van der Waals surface area (Å²) in [6, 6.07) is 18.7. The Hall–Kier alpha value is -1.51. The second kappa shape index (κ2) is 5.89. The van der Waals surface area contributed by atoms with Crippen molar-refractivity contribution in [2.24, 2.45) is 0 Å². The Morgan fingerprint density at radius 3 is 2.06 bits per heavy atom. The minimum atomic E-state index is 0. The maximum Gasteiger partial charge on any atom is 0.127 e. The molecule has 94 valence electrons. The predicted molar refractivity (Wildman–Crippen MR) is 75.6 cm³/mol. The van der Waals surface area contributed by atoms with Gasteiger partial charge in [0.2, 0.25) is 0 Å². The van der Waals surface area contributed by atoms with E-state index in [0.717, 1.165) is 18.0 Å². The van der Waals surface area contributed by atoms with Crippen LogP contribution in [0.25, 0.3) is 0 Å². The fraction of sp³-hybridized carbons (Fsp3) is 0.200. The van der Waals surface area contributed by atoms with Gasteiger partial charge in [0.15, 0.2) is 0 Å². The SMILES string of the molecule is Cl.c1ccc(Oc2ccc([C@H]3CCN3)cc2)cc1. The van der Waals surface area contributed by atoms with Crippen LogP contribution in [-0.2, 0) is 0 Å². The molecule has 3 rings (SSSR count). The number of halogens is 1. The van der Waals surface area contributed by atoms with Crippen LogP contribution in [0.5, 0.6) is 11.5 Å². The normalized spacial score (nSPS) is 17.4. The standard InChI is InChI=1S/C15H15NO.ClH/c1-2-4-13(5-3-1)17-14-8-6-12(7-9-14)15-10-11-16-15;/h1-9,15-16H,10-11H2;1H/t15-;/m1./s1. The molecule has 0 saturated carbocycles. The van der Waals surface area contributed by atoms with Crippen LogP contribution in [0.3, 0.4) is 0 Å². The van der Waals surface area contributed by atoms with E-state index >= 15 is 0 Å². The van der Waals surface area contributed by atoms with Gasteiger partial charge in [-0.15, -0.1) is 12.4 Å². The van der Waals surface area contributed by atoms with Crippen LogP contribution in [0.15, 0.2) is 54.6 Å². The van der Waals surface area contributed by atoms with Gasteiger partial charge in [-0.3, -0.25) is 0 Å². The number of rotatable bonds is 3. The van der Waals surface area contributed by atoms with Crippen LogP contribution in [0, 0.1) is 0 Å². The summed E-state index contributed by atoms with van der Waals surface area (Å²) in [4.78, 5) is 0. The second-order valence-electron chi connectivity index (χ2n) is 4.28. The van der Waals surface area contributed by atoms with Crippen molar-refractivity contribution in [2.45, 2.75) is 12.5 Å². The largest absolute Gasteiger partial charge is 0.457 e. The van der Waals surface area contributed by atoms with E-state index in [1.165, 1.54) is 12.0 Å². The molecule has 0 aliphatic carbocycles. The van der Waals surface area contributed by atoms with Gasteiger partial charge in [-0.25, -0.2) is 0 Å². The third-order valence-corrected chi connectivity index (χ3v) is 3.09. The molecule has 1 aliphatic heterocycles. The maximum absolute atomic E-state index is 5.74. The Bertz CT molecular complexity index is 480. The monoisotopic (exact) mass is 261 g/mol. The zero-order valence-corrected chi connectivity index (χ0v) is 10.8. The molecule has 0 spiro atoms. The zero-order valence-electron chi connectivity index (χ0n) is 10.0. The molecule has 1 saturated heterocycles. The van der Waals surface area contributed by atoms with E-state index in [0.29, 0.717) is 6.04 Å². The van der Waals surface area contributed by atoms with E-state index in [1.54, 1.807) is 0 Å². The van der Waals surface area contributed by atoms with Crippen LogP contribution >= 0.6 is 12.4 Å². The fourth-order valence-electron chi connectivity index (χ4n) is 1.97. The van der Waals surface area contributed by atoms with Crippen molar-refractivity contribution >= 4 is 12.4 Å². The highest BCUT2D eigenvalue weighted by Gasteiger charge is 2.17. The summed E-state index contributed by atoms with van der Waals surface area (Å²) >= 11 is 0. The number of hydrogen-bond acceptors (Lipinski definition) is 2. The van der Waals surface area contributed by atoms with Gasteiger partial charge >= 0.3 is 0 Å². The van der Waals surface area contributed by atoms with Gasteiger partial charge < -0.3 is 10.1 Å². The Balaban J connectivity index is 0.00000120. The first-order valence-electron chi connectivity index (χ1n) is 5.98. The van der Waals surface area contributed by atoms with Gasteiger partial charge in [0.25, 0.3) is 0 Å². The molecule has 1 fully saturated rings. The summed E-state index contributed by atoms with van der Waals surface area (Å²) in [7, 11) is 0. The number of hydrogen-bond donors (Lipinski definition) is 1. The Morgan fingerprint density at radius 2 is 1.50 bits per heavy atom. The number of para-hydroxylation sites is 1. The van der Waals surface area contributed by atoms with Crippen molar-refractivity contribution in [3.8, 4) is 11.5 Å². The quantitative estimate of drug-likeness (QED) is 0.904. The van der Waals surface area contributed by atoms with Crippen molar-refractivity contribution in [3.05, 3.63) is 60.2 Å². The second-order valence-corrected chi connectivity index (χ2v) is 4.28. The molecular weight excluding hydrogens is 246 g/mol. The van der Waals surface area contributed by atoms with Crippen molar-refractivity contribution in [2.75, 3.05) is 6.54 Å². The molecule has 1 N–H and O–H groups in total. The fourth-order valence-corrected chi connectivity index (χ4v) is 1.97. The van der Waals surface area contributed by atoms with Crippen molar-refractivity contribution in [3.63, 3.8) is 0 Å². The molecular formula is C15H16ClNO. The van der Waals surface area contributed by atoms with Gasteiger partial charge in [-0.1, -0.05) is 30.3 Å². The van der Waals surface area contributed by atoms with Gasteiger partial charge in [0.1, 0.15) is 11.5 Å². The molecule has 0 unspecified atom stereocenters. The van der Waals surface area contributed by atoms with Crippen LogP contribution in [0.2, 0.25) is 0 Å². The zero-order chi connectivity index (χ0) is 11.5. The molecule has 2 aromatic carbocycles. The van der Waals surface area contributed by atoms with Gasteiger partial charge in [-0.2, -0.15) is 0 Å². The van der Waals surface area contributed by atoms with Crippen LogP contribution in [0.1, 0.15) is 18.0 Å².